The summed E-state index contributed by atoms with van der Waals surface area (Å²) in [6.45, 7) is 4.13. The van der Waals surface area contributed by atoms with Crippen molar-refractivity contribution in [3.63, 3.8) is 0 Å². The molecule has 1 aromatic carbocycles. The lowest BCUT2D eigenvalue weighted by Gasteiger charge is -2.35. The standard InChI is InChI=1S/C15H17NO2/c1-8-6-9(2)13-12(7-8)10-4-3-5-11(10)14(16-13)15(17)18/h3-4,6-7,10-11,14,16H,5H2,1-2H3,(H,17,18)/t10-,11+,14+/m0/s1. The van der Waals surface area contributed by atoms with Gasteiger partial charge in [-0.2, -0.15) is 0 Å². The van der Waals surface area contributed by atoms with Crippen molar-refractivity contribution in [2.45, 2.75) is 32.2 Å². The summed E-state index contributed by atoms with van der Waals surface area (Å²) in [7, 11) is 0. The van der Waals surface area contributed by atoms with E-state index in [9.17, 15) is 9.90 Å². The summed E-state index contributed by atoms with van der Waals surface area (Å²) >= 11 is 0. The SMILES string of the molecule is Cc1cc(C)c2c(c1)[C@H]1C=CC[C@H]1[C@H](C(=O)O)N2. The van der Waals surface area contributed by atoms with Gasteiger partial charge in [0.05, 0.1) is 0 Å². The van der Waals surface area contributed by atoms with Gasteiger partial charge in [0.1, 0.15) is 6.04 Å². The highest BCUT2D eigenvalue weighted by molar-refractivity contribution is 5.81. The molecule has 0 radical (unpaired) electrons. The zero-order valence-corrected chi connectivity index (χ0v) is 10.6. The van der Waals surface area contributed by atoms with E-state index in [2.05, 4.69) is 36.5 Å². The van der Waals surface area contributed by atoms with Gasteiger partial charge in [0.15, 0.2) is 0 Å². The van der Waals surface area contributed by atoms with Gasteiger partial charge in [-0.1, -0.05) is 29.8 Å². The molecule has 3 atom stereocenters. The minimum Gasteiger partial charge on any atom is -0.480 e. The van der Waals surface area contributed by atoms with Crippen molar-refractivity contribution in [2.75, 3.05) is 5.32 Å². The molecule has 2 N–H and O–H groups in total. The zero-order valence-electron chi connectivity index (χ0n) is 10.6. The van der Waals surface area contributed by atoms with Crippen molar-refractivity contribution in [1.82, 2.24) is 0 Å². The Morgan fingerprint density at radius 2 is 2.17 bits per heavy atom. The predicted molar refractivity (Wildman–Crippen MR) is 71.0 cm³/mol. The third kappa shape index (κ3) is 1.54. The molecule has 1 heterocycles. The minimum atomic E-state index is -0.751. The molecule has 0 aromatic heterocycles. The molecule has 2 aliphatic rings. The van der Waals surface area contributed by atoms with Crippen LogP contribution in [0.1, 0.15) is 29.0 Å². The third-order valence-electron chi connectivity index (χ3n) is 4.08. The second-order valence-electron chi connectivity index (χ2n) is 5.36. The number of allylic oxidation sites excluding steroid dienone is 2. The van der Waals surface area contributed by atoms with Gasteiger partial charge in [-0.25, -0.2) is 4.79 Å². The maximum atomic E-state index is 11.4. The average Bonchev–Trinajstić information content (AvgIpc) is 2.76. The summed E-state index contributed by atoms with van der Waals surface area (Å²) in [6.07, 6.45) is 5.12. The van der Waals surface area contributed by atoms with Crippen molar-refractivity contribution in [1.29, 1.82) is 0 Å². The zero-order chi connectivity index (χ0) is 12.9. The van der Waals surface area contributed by atoms with Crippen molar-refractivity contribution in [2.24, 2.45) is 5.92 Å². The number of hydrogen-bond acceptors (Lipinski definition) is 2. The molecular formula is C15H17NO2. The van der Waals surface area contributed by atoms with Crippen LogP contribution < -0.4 is 5.32 Å². The van der Waals surface area contributed by atoms with Gasteiger partial charge in [-0.05, 0) is 31.4 Å². The van der Waals surface area contributed by atoms with Gasteiger partial charge in [-0.15, -0.1) is 0 Å². The molecule has 0 unspecified atom stereocenters. The van der Waals surface area contributed by atoms with Crippen LogP contribution in [0.5, 0.6) is 0 Å². The largest absolute Gasteiger partial charge is 0.480 e. The molecule has 3 heteroatoms. The maximum Gasteiger partial charge on any atom is 0.326 e. The number of aliphatic carboxylic acids is 1. The Balaban J connectivity index is 2.14. The number of carboxylic acids is 1. The lowest BCUT2D eigenvalue weighted by Crippen LogP contribution is -2.42. The van der Waals surface area contributed by atoms with Gasteiger partial charge in [-0.3, -0.25) is 0 Å². The number of anilines is 1. The molecule has 94 valence electrons. The summed E-state index contributed by atoms with van der Waals surface area (Å²) in [5, 5.41) is 12.6. The normalized spacial score (nSPS) is 28.4. The van der Waals surface area contributed by atoms with E-state index in [1.54, 1.807) is 0 Å². The summed E-state index contributed by atoms with van der Waals surface area (Å²) < 4.78 is 0. The molecule has 0 fully saturated rings. The quantitative estimate of drug-likeness (QED) is 0.746. The molecule has 1 aliphatic carbocycles. The first-order chi connectivity index (χ1) is 8.58. The van der Waals surface area contributed by atoms with Crippen LogP contribution in [-0.2, 0) is 4.79 Å². The molecular weight excluding hydrogens is 226 g/mol. The molecule has 0 saturated heterocycles. The van der Waals surface area contributed by atoms with E-state index in [1.807, 2.05) is 6.92 Å². The number of nitrogens with one attached hydrogen (secondary N) is 1. The van der Waals surface area contributed by atoms with Crippen molar-refractivity contribution in [3.8, 4) is 0 Å². The Labute approximate surface area is 107 Å². The number of aryl methyl sites for hydroxylation is 2. The van der Waals surface area contributed by atoms with E-state index < -0.39 is 12.0 Å². The summed E-state index contributed by atoms with van der Waals surface area (Å²) in [5.74, 6) is -0.350. The first-order valence-electron chi connectivity index (χ1n) is 6.35. The number of hydrogen-bond donors (Lipinski definition) is 2. The number of fused-ring (bicyclic) bond motifs is 3. The van der Waals surface area contributed by atoms with Crippen LogP contribution >= 0.6 is 0 Å². The van der Waals surface area contributed by atoms with Crippen molar-refractivity contribution < 1.29 is 9.90 Å². The second-order valence-corrected chi connectivity index (χ2v) is 5.36. The molecule has 3 nitrogen and oxygen atoms in total. The number of benzene rings is 1. The van der Waals surface area contributed by atoms with E-state index in [0.29, 0.717) is 0 Å². The molecule has 1 aliphatic heterocycles. The highest BCUT2D eigenvalue weighted by Gasteiger charge is 2.41. The van der Waals surface area contributed by atoms with Crippen molar-refractivity contribution >= 4 is 11.7 Å². The fourth-order valence-electron chi connectivity index (χ4n) is 3.32. The van der Waals surface area contributed by atoms with Crippen LogP contribution in [0.4, 0.5) is 5.69 Å². The van der Waals surface area contributed by atoms with Crippen molar-refractivity contribution in [3.05, 3.63) is 41.0 Å². The lowest BCUT2D eigenvalue weighted by molar-refractivity contribution is -0.139. The second kappa shape index (κ2) is 3.87. The molecule has 1 aromatic rings. The highest BCUT2D eigenvalue weighted by Crippen LogP contribution is 2.45. The lowest BCUT2D eigenvalue weighted by atomic mass is 9.78. The molecule has 0 spiro atoms. The van der Waals surface area contributed by atoms with Gasteiger partial charge in [0.25, 0.3) is 0 Å². The Morgan fingerprint density at radius 3 is 2.89 bits per heavy atom. The topological polar surface area (TPSA) is 49.3 Å². The molecule has 18 heavy (non-hydrogen) atoms. The van der Waals surface area contributed by atoms with Gasteiger partial charge in [0.2, 0.25) is 0 Å². The summed E-state index contributed by atoms with van der Waals surface area (Å²) in [5.41, 5.74) is 4.64. The fourth-order valence-corrected chi connectivity index (χ4v) is 3.32. The van der Waals surface area contributed by atoms with Gasteiger partial charge < -0.3 is 10.4 Å². The third-order valence-corrected chi connectivity index (χ3v) is 4.08. The summed E-state index contributed by atoms with van der Waals surface area (Å²) in [6, 6.07) is 3.81. The van der Waals surface area contributed by atoms with E-state index in [-0.39, 0.29) is 11.8 Å². The Bertz CT molecular complexity index is 548. The van der Waals surface area contributed by atoms with Crippen LogP contribution in [-0.4, -0.2) is 17.1 Å². The smallest absolute Gasteiger partial charge is 0.326 e. The fraction of sp³-hybridized carbons (Fsp3) is 0.400. The van der Waals surface area contributed by atoms with Crippen LogP contribution in [0.25, 0.3) is 0 Å². The summed E-state index contributed by atoms with van der Waals surface area (Å²) in [4.78, 5) is 11.4. The van der Waals surface area contributed by atoms with Crippen LogP contribution in [0, 0.1) is 19.8 Å². The van der Waals surface area contributed by atoms with Crippen LogP contribution in [0.2, 0.25) is 0 Å². The van der Waals surface area contributed by atoms with Gasteiger partial charge >= 0.3 is 5.97 Å². The Hall–Kier alpha value is -1.77. The number of carbonyl (C=O) groups is 1. The molecule has 0 amide bonds. The van der Waals surface area contributed by atoms with Crippen LogP contribution in [0.3, 0.4) is 0 Å². The highest BCUT2D eigenvalue weighted by atomic mass is 16.4. The van der Waals surface area contributed by atoms with E-state index >= 15 is 0 Å². The molecule has 3 rings (SSSR count). The first kappa shape index (κ1) is 11.3. The van der Waals surface area contributed by atoms with E-state index in [1.165, 1.54) is 11.1 Å². The molecule has 0 saturated carbocycles. The predicted octanol–water partition coefficient (Wildman–Crippen LogP) is 2.84. The Morgan fingerprint density at radius 1 is 1.39 bits per heavy atom. The maximum absolute atomic E-state index is 11.4. The van der Waals surface area contributed by atoms with Gasteiger partial charge in [0, 0.05) is 17.5 Å². The Kier molecular flexibility index (Phi) is 2.44. The number of rotatable bonds is 1. The van der Waals surface area contributed by atoms with Crippen LogP contribution in [0.15, 0.2) is 24.3 Å². The monoisotopic (exact) mass is 243 g/mol. The average molecular weight is 243 g/mol. The number of carboxylic acid groups (broad SMARTS) is 1. The van der Waals surface area contributed by atoms with E-state index in [4.69, 9.17) is 0 Å². The first-order valence-corrected chi connectivity index (χ1v) is 6.35. The minimum absolute atomic E-state index is 0.149. The molecule has 0 bridgehead atoms. The van der Waals surface area contributed by atoms with E-state index in [0.717, 1.165) is 17.7 Å².